The fraction of sp³-hybridized carbons (Fsp3) is 0.579. The number of hydrogen-bond donors (Lipinski definition) is 0. The SMILES string of the molecule is Cc1nc2sc3c(c2c2nn(CC(=O)N4CCOCC4)c(=O)n12)CC[C@@H](C)C3. The first-order valence-corrected chi connectivity index (χ1v) is 10.6. The highest BCUT2D eigenvalue weighted by Gasteiger charge is 2.26. The number of carbonyl (C=O) groups is 1. The maximum absolute atomic E-state index is 13.0. The topological polar surface area (TPSA) is 81.7 Å². The van der Waals surface area contributed by atoms with Gasteiger partial charge < -0.3 is 9.64 Å². The smallest absolute Gasteiger partial charge is 0.352 e. The van der Waals surface area contributed by atoms with Crippen LogP contribution >= 0.6 is 11.3 Å². The molecule has 28 heavy (non-hydrogen) atoms. The Balaban J connectivity index is 1.61. The van der Waals surface area contributed by atoms with Gasteiger partial charge in [0.2, 0.25) is 5.91 Å². The van der Waals surface area contributed by atoms with E-state index in [1.807, 2.05) is 6.92 Å². The molecule has 0 aromatic carbocycles. The van der Waals surface area contributed by atoms with Crippen LogP contribution in [0.25, 0.3) is 15.9 Å². The van der Waals surface area contributed by atoms with E-state index in [-0.39, 0.29) is 18.1 Å². The van der Waals surface area contributed by atoms with Gasteiger partial charge in [-0.25, -0.2) is 18.9 Å². The van der Waals surface area contributed by atoms with Crippen LogP contribution in [-0.2, 0) is 28.9 Å². The monoisotopic (exact) mass is 401 g/mol. The predicted molar refractivity (Wildman–Crippen MR) is 106 cm³/mol. The first-order valence-electron chi connectivity index (χ1n) is 9.79. The van der Waals surface area contributed by atoms with Gasteiger partial charge in [0.05, 0.1) is 18.6 Å². The van der Waals surface area contributed by atoms with Crippen molar-refractivity contribution in [2.24, 2.45) is 5.92 Å². The lowest BCUT2D eigenvalue weighted by Crippen LogP contribution is -2.43. The zero-order valence-corrected chi connectivity index (χ0v) is 16.9. The third-order valence-corrected chi connectivity index (χ3v) is 6.94. The molecule has 2 aliphatic rings. The van der Waals surface area contributed by atoms with E-state index in [0.717, 1.165) is 29.5 Å². The zero-order chi connectivity index (χ0) is 19.4. The lowest BCUT2D eigenvalue weighted by molar-refractivity contribution is -0.136. The Morgan fingerprint density at radius 1 is 1.32 bits per heavy atom. The number of aromatic nitrogens is 4. The van der Waals surface area contributed by atoms with E-state index < -0.39 is 0 Å². The van der Waals surface area contributed by atoms with Crippen LogP contribution in [0.4, 0.5) is 0 Å². The lowest BCUT2D eigenvalue weighted by atomic mass is 9.89. The van der Waals surface area contributed by atoms with Gasteiger partial charge in [0.25, 0.3) is 0 Å². The van der Waals surface area contributed by atoms with E-state index in [4.69, 9.17) is 9.72 Å². The predicted octanol–water partition coefficient (Wildman–Crippen LogP) is 1.40. The summed E-state index contributed by atoms with van der Waals surface area (Å²) < 4.78 is 8.14. The highest BCUT2D eigenvalue weighted by Crippen LogP contribution is 2.38. The molecule has 0 spiro atoms. The molecule has 3 aromatic rings. The maximum Gasteiger partial charge on any atom is 0.352 e. The number of amides is 1. The summed E-state index contributed by atoms with van der Waals surface area (Å²) in [6.45, 7) is 6.24. The van der Waals surface area contributed by atoms with Crippen LogP contribution in [0.3, 0.4) is 0 Å². The van der Waals surface area contributed by atoms with Crippen LogP contribution in [0.2, 0.25) is 0 Å². The lowest BCUT2D eigenvalue weighted by Gasteiger charge is -2.26. The number of rotatable bonds is 2. The first-order chi connectivity index (χ1) is 13.5. The van der Waals surface area contributed by atoms with Crippen LogP contribution in [0.1, 0.15) is 29.6 Å². The molecule has 0 unspecified atom stereocenters. The molecule has 3 aromatic heterocycles. The summed E-state index contributed by atoms with van der Waals surface area (Å²) >= 11 is 1.72. The minimum absolute atomic E-state index is 0.0508. The zero-order valence-electron chi connectivity index (χ0n) is 16.1. The molecule has 148 valence electrons. The Labute approximate surface area is 165 Å². The number of aryl methyl sites for hydroxylation is 2. The minimum atomic E-state index is -0.298. The molecule has 1 aliphatic carbocycles. The average molecular weight is 401 g/mol. The molecule has 0 radical (unpaired) electrons. The van der Waals surface area contributed by atoms with Gasteiger partial charge in [-0.1, -0.05) is 6.92 Å². The number of nitrogens with zero attached hydrogens (tertiary/aromatic N) is 5. The van der Waals surface area contributed by atoms with Gasteiger partial charge in [-0.3, -0.25) is 4.79 Å². The number of thiophene rings is 1. The molecule has 1 saturated heterocycles. The van der Waals surface area contributed by atoms with Crippen molar-refractivity contribution in [2.75, 3.05) is 26.3 Å². The summed E-state index contributed by atoms with van der Waals surface area (Å²) in [5, 5.41) is 5.58. The van der Waals surface area contributed by atoms with Crippen LogP contribution in [-0.4, -0.2) is 56.3 Å². The molecule has 5 rings (SSSR count). The van der Waals surface area contributed by atoms with Crippen LogP contribution in [0, 0.1) is 12.8 Å². The van der Waals surface area contributed by atoms with Gasteiger partial charge in [0.1, 0.15) is 17.2 Å². The third-order valence-electron chi connectivity index (χ3n) is 5.79. The van der Waals surface area contributed by atoms with Crippen molar-refractivity contribution in [3.05, 3.63) is 26.7 Å². The Hall–Kier alpha value is -2.26. The fourth-order valence-electron chi connectivity index (χ4n) is 4.25. The van der Waals surface area contributed by atoms with Crippen molar-refractivity contribution >= 4 is 33.1 Å². The molecule has 8 nitrogen and oxygen atoms in total. The third kappa shape index (κ3) is 2.76. The Morgan fingerprint density at radius 2 is 2.11 bits per heavy atom. The molecule has 1 atom stereocenters. The number of morpholine rings is 1. The second kappa shape index (κ2) is 6.66. The van der Waals surface area contributed by atoms with Gasteiger partial charge in [-0.2, -0.15) is 0 Å². The highest BCUT2D eigenvalue weighted by atomic mass is 32.1. The fourth-order valence-corrected chi connectivity index (χ4v) is 5.67. The molecule has 1 aliphatic heterocycles. The number of ether oxygens (including phenoxy) is 1. The number of hydrogen-bond acceptors (Lipinski definition) is 6. The number of fused-ring (bicyclic) bond motifs is 5. The van der Waals surface area contributed by atoms with Gasteiger partial charge in [0.15, 0.2) is 5.65 Å². The standard InChI is InChI=1S/C19H23N5O3S/c1-11-3-4-13-14(9-11)28-18-16(13)17-21-23(19(26)24(17)12(2)20-18)10-15(25)22-5-7-27-8-6-22/h11H,3-10H2,1-2H3/t11-/m1/s1. The molecule has 4 heterocycles. The van der Waals surface area contributed by atoms with E-state index in [0.29, 0.717) is 43.7 Å². The minimum Gasteiger partial charge on any atom is -0.378 e. The highest BCUT2D eigenvalue weighted by molar-refractivity contribution is 7.19. The Bertz CT molecular complexity index is 1140. The quantitative estimate of drug-likeness (QED) is 0.648. The van der Waals surface area contributed by atoms with Gasteiger partial charge in [-0.05, 0) is 37.7 Å². The van der Waals surface area contributed by atoms with Gasteiger partial charge >= 0.3 is 5.69 Å². The average Bonchev–Trinajstić information content (AvgIpc) is 3.19. The summed E-state index contributed by atoms with van der Waals surface area (Å²) in [5.41, 5.74) is 1.62. The molecule has 9 heteroatoms. The summed E-state index contributed by atoms with van der Waals surface area (Å²) in [4.78, 5) is 34.3. The molecular weight excluding hydrogens is 378 g/mol. The summed E-state index contributed by atoms with van der Waals surface area (Å²) in [5.74, 6) is 1.18. The normalized spacial score (nSPS) is 20.1. The summed E-state index contributed by atoms with van der Waals surface area (Å²) in [7, 11) is 0. The van der Waals surface area contributed by atoms with Crippen LogP contribution < -0.4 is 5.69 Å². The van der Waals surface area contributed by atoms with Gasteiger partial charge in [0, 0.05) is 18.0 Å². The second-order valence-corrected chi connectivity index (χ2v) is 8.87. The second-order valence-electron chi connectivity index (χ2n) is 7.78. The Kier molecular flexibility index (Phi) is 4.24. The van der Waals surface area contributed by atoms with E-state index in [1.165, 1.54) is 15.1 Å². The largest absolute Gasteiger partial charge is 0.378 e. The molecule has 0 saturated carbocycles. The molecule has 1 fully saturated rings. The van der Waals surface area contributed by atoms with Crippen LogP contribution in [0.5, 0.6) is 0 Å². The van der Waals surface area contributed by atoms with Crippen molar-refractivity contribution < 1.29 is 9.53 Å². The molecule has 1 amide bonds. The summed E-state index contributed by atoms with van der Waals surface area (Å²) in [6.07, 6.45) is 3.19. The van der Waals surface area contributed by atoms with Gasteiger partial charge in [-0.15, -0.1) is 16.4 Å². The van der Waals surface area contributed by atoms with Crippen LogP contribution in [0.15, 0.2) is 4.79 Å². The van der Waals surface area contributed by atoms with Crippen molar-refractivity contribution in [1.29, 1.82) is 0 Å². The van der Waals surface area contributed by atoms with E-state index in [1.54, 1.807) is 20.6 Å². The van der Waals surface area contributed by atoms with Crippen molar-refractivity contribution in [3.63, 3.8) is 0 Å². The molecule has 0 bridgehead atoms. The maximum atomic E-state index is 13.0. The van der Waals surface area contributed by atoms with E-state index in [2.05, 4.69) is 12.0 Å². The van der Waals surface area contributed by atoms with E-state index >= 15 is 0 Å². The van der Waals surface area contributed by atoms with Crippen molar-refractivity contribution in [2.45, 2.75) is 39.7 Å². The Morgan fingerprint density at radius 3 is 2.89 bits per heavy atom. The van der Waals surface area contributed by atoms with Crippen molar-refractivity contribution in [1.82, 2.24) is 24.1 Å². The summed E-state index contributed by atoms with van der Waals surface area (Å²) in [6, 6.07) is 0. The molecule has 0 N–H and O–H groups in total. The number of carbonyl (C=O) groups excluding carboxylic acids is 1. The first kappa shape index (κ1) is 17.8. The molecular formula is C19H23N5O3S. The van der Waals surface area contributed by atoms with Crippen molar-refractivity contribution in [3.8, 4) is 0 Å². The van der Waals surface area contributed by atoms with E-state index in [9.17, 15) is 9.59 Å².